The van der Waals surface area contributed by atoms with E-state index < -0.39 is 0 Å². The van der Waals surface area contributed by atoms with Crippen molar-refractivity contribution < 1.29 is 4.79 Å². The van der Waals surface area contributed by atoms with Crippen LogP contribution in [0.25, 0.3) is 0 Å². The molecule has 0 fully saturated rings. The van der Waals surface area contributed by atoms with Crippen molar-refractivity contribution in [3.63, 3.8) is 0 Å². The number of fused-ring (bicyclic) bond motifs is 1. The highest BCUT2D eigenvalue weighted by molar-refractivity contribution is 5.93. The van der Waals surface area contributed by atoms with E-state index in [2.05, 4.69) is 41.1 Å². The number of hydrogen-bond acceptors (Lipinski definition) is 3. The monoisotopic (exact) mass is 266 g/mol. The molecule has 1 aromatic carbocycles. The molecular weight excluding hydrogens is 248 g/mol. The van der Waals surface area contributed by atoms with E-state index in [0.717, 1.165) is 18.7 Å². The molecule has 102 valence electrons. The van der Waals surface area contributed by atoms with Crippen molar-refractivity contribution in [3.8, 4) is 0 Å². The molecule has 0 spiro atoms. The van der Waals surface area contributed by atoms with Gasteiger partial charge in [0.15, 0.2) is 5.78 Å². The molecule has 0 radical (unpaired) electrons. The zero-order valence-electron chi connectivity index (χ0n) is 11.8. The number of ketones is 1. The highest BCUT2D eigenvalue weighted by atomic mass is 16.1. The fraction of sp³-hybridized carbons (Fsp3) is 0.294. The van der Waals surface area contributed by atoms with Crippen LogP contribution in [0.15, 0.2) is 42.6 Å². The molecule has 20 heavy (non-hydrogen) atoms. The minimum atomic E-state index is 0.0520. The van der Waals surface area contributed by atoms with Crippen LogP contribution < -0.4 is 4.90 Å². The van der Waals surface area contributed by atoms with E-state index in [9.17, 15) is 4.79 Å². The van der Waals surface area contributed by atoms with Crippen molar-refractivity contribution in [2.75, 3.05) is 4.90 Å². The second kappa shape index (κ2) is 5.08. The average molecular weight is 266 g/mol. The number of anilines is 2. The summed E-state index contributed by atoms with van der Waals surface area (Å²) in [4.78, 5) is 18.1. The first-order valence-corrected chi connectivity index (χ1v) is 7.01. The van der Waals surface area contributed by atoms with Crippen LogP contribution in [-0.4, -0.2) is 16.8 Å². The molecule has 3 nitrogen and oxygen atoms in total. The summed E-state index contributed by atoms with van der Waals surface area (Å²) in [5.41, 5.74) is 3.25. The Labute approximate surface area is 119 Å². The van der Waals surface area contributed by atoms with Crippen molar-refractivity contribution in [3.05, 3.63) is 53.7 Å². The Morgan fingerprint density at radius 2 is 2.05 bits per heavy atom. The maximum atomic E-state index is 11.3. The fourth-order valence-electron chi connectivity index (χ4n) is 2.77. The standard InChI is InChI=1S/C17H18N2O/c1-12-7-8-14-5-3-4-6-16(14)19(12)17-10-9-15(11-18-17)13(2)20/h3-6,9-12H,7-8H2,1-2H3. The molecule has 1 aliphatic heterocycles. The third-order valence-corrected chi connectivity index (χ3v) is 3.92. The van der Waals surface area contributed by atoms with Gasteiger partial charge in [-0.05, 0) is 50.5 Å². The molecule has 1 atom stereocenters. The summed E-state index contributed by atoms with van der Waals surface area (Å²) < 4.78 is 0. The maximum absolute atomic E-state index is 11.3. The molecule has 0 N–H and O–H groups in total. The number of benzene rings is 1. The largest absolute Gasteiger partial charge is 0.323 e. The fourth-order valence-corrected chi connectivity index (χ4v) is 2.77. The van der Waals surface area contributed by atoms with Gasteiger partial charge in [-0.25, -0.2) is 4.98 Å². The second-order valence-electron chi connectivity index (χ2n) is 5.35. The van der Waals surface area contributed by atoms with E-state index in [-0.39, 0.29) is 5.78 Å². The molecule has 2 aromatic rings. The van der Waals surface area contributed by atoms with E-state index in [4.69, 9.17) is 0 Å². The number of rotatable bonds is 2. The van der Waals surface area contributed by atoms with Crippen LogP contribution in [0.5, 0.6) is 0 Å². The van der Waals surface area contributed by atoms with E-state index in [1.165, 1.54) is 11.3 Å². The Bertz CT molecular complexity index is 634. The molecule has 1 unspecified atom stereocenters. The molecule has 3 rings (SSSR count). The first-order chi connectivity index (χ1) is 9.66. The van der Waals surface area contributed by atoms with Crippen LogP contribution in [0, 0.1) is 0 Å². The van der Waals surface area contributed by atoms with Crippen LogP contribution in [0.2, 0.25) is 0 Å². The number of hydrogen-bond donors (Lipinski definition) is 0. The number of Topliss-reactive ketones (excluding diaryl/α,β-unsaturated/α-hetero) is 1. The third kappa shape index (κ3) is 2.20. The van der Waals surface area contributed by atoms with Crippen LogP contribution in [0.3, 0.4) is 0 Å². The minimum absolute atomic E-state index is 0.0520. The summed E-state index contributed by atoms with van der Waals surface area (Å²) in [6.45, 7) is 3.78. The van der Waals surface area contributed by atoms with Gasteiger partial charge in [-0.1, -0.05) is 18.2 Å². The van der Waals surface area contributed by atoms with Gasteiger partial charge >= 0.3 is 0 Å². The highest BCUT2D eigenvalue weighted by Crippen LogP contribution is 2.35. The number of aromatic nitrogens is 1. The van der Waals surface area contributed by atoms with Gasteiger partial charge in [-0.2, -0.15) is 0 Å². The SMILES string of the molecule is CC(=O)c1ccc(N2c3ccccc3CCC2C)nc1. The lowest BCUT2D eigenvalue weighted by atomic mass is 9.96. The van der Waals surface area contributed by atoms with Gasteiger partial charge in [0, 0.05) is 23.5 Å². The predicted octanol–water partition coefficient (Wildman–Crippen LogP) is 3.76. The Kier molecular flexibility index (Phi) is 3.26. The Hall–Kier alpha value is -2.16. The summed E-state index contributed by atoms with van der Waals surface area (Å²) in [6.07, 6.45) is 3.90. The van der Waals surface area contributed by atoms with Crippen LogP contribution in [0.4, 0.5) is 11.5 Å². The van der Waals surface area contributed by atoms with Crippen LogP contribution in [0.1, 0.15) is 36.2 Å². The van der Waals surface area contributed by atoms with Crippen molar-refractivity contribution in [2.24, 2.45) is 0 Å². The van der Waals surface area contributed by atoms with Crippen molar-refractivity contribution in [1.29, 1.82) is 0 Å². The number of nitrogens with zero attached hydrogens (tertiary/aromatic N) is 2. The van der Waals surface area contributed by atoms with Crippen LogP contribution >= 0.6 is 0 Å². The molecule has 1 aliphatic rings. The molecule has 3 heteroatoms. The van der Waals surface area contributed by atoms with Gasteiger partial charge < -0.3 is 4.90 Å². The Morgan fingerprint density at radius 1 is 1.25 bits per heavy atom. The molecule has 0 bridgehead atoms. The van der Waals surface area contributed by atoms with Gasteiger partial charge in [-0.3, -0.25) is 4.79 Å². The molecule has 0 amide bonds. The molecule has 0 aliphatic carbocycles. The van der Waals surface area contributed by atoms with Crippen molar-refractivity contribution >= 4 is 17.3 Å². The normalized spacial score (nSPS) is 17.7. The van der Waals surface area contributed by atoms with E-state index in [1.54, 1.807) is 13.1 Å². The van der Waals surface area contributed by atoms with Gasteiger partial charge in [0.1, 0.15) is 5.82 Å². The average Bonchev–Trinajstić information content (AvgIpc) is 2.47. The lowest BCUT2D eigenvalue weighted by Crippen LogP contribution is -2.33. The molecule has 1 aromatic heterocycles. The Balaban J connectivity index is 2.02. The van der Waals surface area contributed by atoms with E-state index >= 15 is 0 Å². The van der Waals surface area contributed by atoms with Crippen molar-refractivity contribution in [2.45, 2.75) is 32.7 Å². The number of pyridine rings is 1. The lowest BCUT2D eigenvalue weighted by molar-refractivity contribution is 0.101. The highest BCUT2D eigenvalue weighted by Gasteiger charge is 2.24. The van der Waals surface area contributed by atoms with Gasteiger partial charge in [-0.15, -0.1) is 0 Å². The predicted molar refractivity (Wildman–Crippen MR) is 80.6 cm³/mol. The number of aryl methyl sites for hydroxylation is 1. The van der Waals surface area contributed by atoms with E-state index in [1.807, 2.05) is 12.1 Å². The zero-order chi connectivity index (χ0) is 14.1. The summed E-state index contributed by atoms with van der Waals surface area (Å²) in [5.74, 6) is 0.964. The summed E-state index contributed by atoms with van der Waals surface area (Å²) in [5, 5.41) is 0. The summed E-state index contributed by atoms with van der Waals surface area (Å²) in [7, 11) is 0. The summed E-state index contributed by atoms with van der Waals surface area (Å²) in [6, 6.07) is 12.7. The number of para-hydroxylation sites is 1. The van der Waals surface area contributed by atoms with E-state index in [0.29, 0.717) is 11.6 Å². The van der Waals surface area contributed by atoms with Gasteiger partial charge in [0.25, 0.3) is 0 Å². The number of carbonyl (C=O) groups excluding carboxylic acids is 1. The molecule has 0 saturated heterocycles. The van der Waals surface area contributed by atoms with Crippen molar-refractivity contribution in [1.82, 2.24) is 4.98 Å². The lowest BCUT2D eigenvalue weighted by Gasteiger charge is -2.36. The molecular formula is C17H18N2O. The van der Waals surface area contributed by atoms with Gasteiger partial charge in [0.05, 0.1) is 0 Å². The first-order valence-electron chi connectivity index (χ1n) is 7.01. The number of carbonyl (C=O) groups is 1. The first kappa shape index (κ1) is 12.9. The summed E-state index contributed by atoms with van der Waals surface area (Å²) >= 11 is 0. The topological polar surface area (TPSA) is 33.2 Å². The van der Waals surface area contributed by atoms with Gasteiger partial charge in [0.2, 0.25) is 0 Å². The molecule has 0 saturated carbocycles. The minimum Gasteiger partial charge on any atom is -0.323 e. The quantitative estimate of drug-likeness (QED) is 0.776. The third-order valence-electron chi connectivity index (χ3n) is 3.92. The molecule has 2 heterocycles. The Morgan fingerprint density at radius 3 is 2.75 bits per heavy atom. The zero-order valence-corrected chi connectivity index (χ0v) is 11.8. The smallest absolute Gasteiger partial charge is 0.161 e. The maximum Gasteiger partial charge on any atom is 0.161 e. The second-order valence-corrected chi connectivity index (χ2v) is 5.35. The van der Waals surface area contributed by atoms with Crippen LogP contribution in [-0.2, 0) is 6.42 Å².